The summed E-state index contributed by atoms with van der Waals surface area (Å²) in [6.07, 6.45) is 3.70. The maximum atomic E-state index is 4.18. The Hall–Kier alpha value is -0.910. The van der Waals surface area contributed by atoms with Gasteiger partial charge >= 0.3 is 0 Å². The summed E-state index contributed by atoms with van der Waals surface area (Å²) in [5.41, 5.74) is 3.29. The van der Waals surface area contributed by atoms with E-state index in [2.05, 4.69) is 52.9 Å². The smallest absolute Gasteiger partial charge is 0.174 e. The lowest BCUT2D eigenvalue weighted by Gasteiger charge is -2.35. The second kappa shape index (κ2) is 6.70. The molecule has 1 fully saturated rings. The second-order valence-electron chi connectivity index (χ2n) is 5.18. The monoisotopic (exact) mass is 305 g/mol. The van der Waals surface area contributed by atoms with Gasteiger partial charge in [-0.2, -0.15) is 0 Å². The zero-order chi connectivity index (χ0) is 13.8. The molecule has 1 N–H and O–H groups in total. The fourth-order valence-corrected chi connectivity index (χ4v) is 5.08. The van der Waals surface area contributed by atoms with Crippen LogP contribution in [0.5, 0.6) is 0 Å². The van der Waals surface area contributed by atoms with Gasteiger partial charge in [0.1, 0.15) is 5.51 Å². The minimum atomic E-state index is 0.573. The third-order valence-electron chi connectivity index (χ3n) is 4.03. The Morgan fingerprint density at radius 1 is 1.25 bits per heavy atom. The summed E-state index contributed by atoms with van der Waals surface area (Å²) >= 11 is 3.52. The van der Waals surface area contributed by atoms with Crippen LogP contribution in [0.15, 0.2) is 40.2 Å². The van der Waals surface area contributed by atoms with Crippen molar-refractivity contribution in [1.82, 2.24) is 15.5 Å². The first kappa shape index (κ1) is 14.0. The molecule has 20 heavy (non-hydrogen) atoms. The van der Waals surface area contributed by atoms with E-state index in [4.69, 9.17) is 0 Å². The summed E-state index contributed by atoms with van der Waals surface area (Å²) in [5, 5.41) is 12.2. The lowest BCUT2D eigenvalue weighted by molar-refractivity contribution is 0.369. The maximum absolute atomic E-state index is 4.18. The molecular formula is C15H19N3S2. The highest BCUT2D eigenvalue weighted by Crippen LogP contribution is 2.40. The van der Waals surface area contributed by atoms with Gasteiger partial charge in [-0.25, -0.2) is 0 Å². The van der Waals surface area contributed by atoms with Crippen LogP contribution in [0.3, 0.4) is 0 Å². The predicted molar refractivity (Wildman–Crippen MR) is 85.4 cm³/mol. The van der Waals surface area contributed by atoms with E-state index >= 15 is 0 Å². The average Bonchev–Trinajstić information content (AvgIpc) is 3.01. The SMILES string of the molecule is CNC1CCC(c2ccccc2)CC1Sc1nncs1. The Bertz CT molecular complexity index is 515. The molecule has 1 heterocycles. The van der Waals surface area contributed by atoms with Gasteiger partial charge in [0.15, 0.2) is 4.34 Å². The molecule has 2 aromatic rings. The van der Waals surface area contributed by atoms with E-state index in [-0.39, 0.29) is 0 Å². The van der Waals surface area contributed by atoms with Crippen molar-refractivity contribution < 1.29 is 0 Å². The molecule has 5 heteroatoms. The van der Waals surface area contributed by atoms with Crippen molar-refractivity contribution in [2.75, 3.05) is 7.05 Å². The highest BCUT2D eigenvalue weighted by atomic mass is 32.2. The molecule has 0 spiro atoms. The molecule has 3 unspecified atom stereocenters. The Morgan fingerprint density at radius 2 is 2.10 bits per heavy atom. The van der Waals surface area contributed by atoms with Gasteiger partial charge in [-0.1, -0.05) is 53.4 Å². The number of benzene rings is 1. The standard InChI is InChI=1S/C15H19N3S2/c1-16-13-8-7-12(11-5-3-2-4-6-11)9-14(13)20-15-18-17-10-19-15/h2-6,10,12-14,16H,7-9H2,1H3. The number of thioether (sulfide) groups is 1. The van der Waals surface area contributed by atoms with Crippen LogP contribution in [0, 0.1) is 0 Å². The molecule has 0 radical (unpaired) electrons. The lowest BCUT2D eigenvalue weighted by Crippen LogP contribution is -2.40. The van der Waals surface area contributed by atoms with E-state index in [0.717, 1.165) is 4.34 Å². The molecule has 1 aromatic heterocycles. The summed E-state index contributed by atoms with van der Waals surface area (Å²) in [4.78, 5) is 0. The molecule has 0 saturated heterocycles. The van der Waals surface area contributed by atoms with Gasteiger partial charge in [-0.3, -0.25) is 0 Å². The Morgan fingerprint density at radius 3 is 2.80 bits per heavy atom. The highest BCUT2D eigenvalue weighted by Gasteiger charge is 2.31. The normalized spacial score (nSPS) is 26.6. The highest BCUT2D eigenvalue weighted by molar-refractivity contribution is 8.01. The van der Waals surface area contributed by atoms with Crippen LogP contribution >= 0.6 is 23.1 Å². The Kier molecular flexibility index (Phi) is 4.70. The van der Waals surface area contributed by atoms with Crippen LogP contribution < -0.4 is 5.32 Å². The summed E-state index contributed by atoms with van der Waals surface area (Å²) in [5.74, 6) is 0.672. The van der Waals surface area contributed by atoms with Gasteiger partial charge in [0.25, 0.3) is 0 Å². The van der Waals surface area contributed by atoms with Gasteiger partial charge in [0.05, 0.1) is 0 Å². The second-order valence-corrected chi connectivity index (χ2v) is 7.50. The van der Waals surface area contributed by atoms with E-state index in [1.807, 2.05) is 17.3 Å². The van der Waals surface area contributed by atoms with E-state index in [9.17, 15) is 0 Å². The molecule has 1 aromatic carbocycles. The molecule has 1 saturated carbocycles. The lowest BCUT2D eigenvalue weighted by atomic mass is 9.81. The topological polar surface area (TPSA) is 37.8 Å². The molecule has 0 aliphatic heterocycles. The molecule has 3 atom stereocenters. The van der Waals surface area contributed by atoms with E-state index in [0.29, 0.717) is 17.2 Å². The molecule has 106 valence electrons. The van der Waals surface area contributed by atoms with Crippen LogP contribution in [-0.2, 0) is 0 Å². The van der Waals surface area contributed by atoms with Crippen LogP contribution in [-0.4, -0.2) is 28.5 Å². The first-order chi connectivity index (χ1) is 9.86. The Balaban J connectivity index is 1.72. The maximum Gasteiger partial charge on any atom is 0.174 e. The number of hydrogen-bond donors (Lipinski definition) is 1. The van der Waals surface area contributed by atoms with Crippen LogP contribution in [0.2, 0.25) is 0 Å². The minimum Gasteiger partial charge on any atom is -0.316 e. The molecule has 1 aliphatic carbocycles. The van der Waals surface area contributed by atoms with Crippen molar-refractivity contribution >= 4 is 23.1 Å². The largest absolute Gasteiger partial charge is 0.316 e. The first-order valence-corrected chi connectivity index (χ1v) is 8.78. The van der Waals surface area contributed by atoms with Gasteiger partial charge in [0.2, 0.25) is 0 Å². The third kappa shape index (κ3) is 3.22. The van der Waals surface area contributed by atoms with Crippen molar-refractivity contribution in [2.45, 2.75) is 40.8 Å². The zero-order valence-electron chi connectivity index (χ0n) is 11.5. The van der Waals surface area contributed by atoms with E-state index in [1.54, 1.807) is 11.3 Å². The summed E-state index contributed by atoms with van der Waals surface area (Å²) in [6.45, 7) is 0. The van der Waals surface area contributed by atoms with Gasteiger partial charge in [-0.05, 0) is 37.8 Å². The summed E-state index contributed by atoms with van der Waals surface area (Å²) < 4.78 is 1.09. The fraction of sp³-hybridized carbons (Fsp3) is 0.467. The summed E-state index contributed by atoms with van der Waals surface area (Å²) in [6, 6.07) is 11.5. The third-order valence-corrected chi connectivity index (χ3v) is 6.19. The van der Waals surface area contributed by atoms with Crippen molar-refractivity contribution in [2.24, 2.45) is 0 Å². The number of hydrogen-bond acceptors (Lipinski definition) is 5. The minimum absolute atomic E-state index is 0.573. The molecule has 0 amide bonds. The van der Waals surface area contributed by atoms with Crippen LogP contribution in [0.1, 0.15) is 30.7 Å². The molecule has 1 aliphatic rings. The van der Waals surface area contributed by atoms with Gasteiger partial charge in [0, 0.05) is 11.3 Å². The molecule has 0 bridgehead atoms. The summed E-state index contributed by atoms with van der Waals surface area (Å²) in [7, 11) is 2.07. The predicted octanol–water partition coefficient (Wildman–Crippen LogP) is 3.55. The van der Waals surface area contributed by atoms with Gasteiger partial charge in [-0.15, -0.1) is 10.2 Å². The molecule has 3 nitrogen and oxygen atoms in total. The first-order valence-electron chi connectivity index (χ1n) is 7.02. The number of rotatable bonds is 4. The van der Waals surface area contributed by atoms with Crippen molar-refractivity contribution in [1.29, 1.82) is 0 Å². The number of aromatic nitrogens is 2. The van der Waals surface area contributed by atoms with Crippen molar-refractivity contribution in [3.05, 3.63) is 41.4 Å². The van der Waals surface area contributed by atoms with Crippen LogP contribution in [0.25, 0.3) is 0 Å². The molecule has 3 rings (SSSR count). The number of nitrogens with zero attached hydrogens (tertiary/aromatic N) is 2. The van der Waals surface area contributed by atoms with Crippen molar-refractivity contribution in [3.63, 3.8) is 0 Å². The van der Waals surface area contributed by atoms with E-state index in [1.165, 1.54) is 24.8 Å². The zero-order valence-corrected chi connectivity index (χ0v) is 13.2. The quantitative estimate of drug-likeness (QED) is 0.937. The van der Waals surface area contributed by atoms with E-state index < -0.39 is 0 Å². The Labute approximate surface area is 128 Å². The average molecular weight is 305 g/mol. The number of nitrogens with one attached hydrogen (secondary N) is 1. The van der Waals surface area contributed by atoms with Crippen LogP contribution in [0.4, 0.5) is 0 Å². The molecular weight excluding hydrogens is 286 g/mol. The van der Waals surface area contributed by atoms with Crippen molar-refractivity contribution in [3.8, 4) is 0 Å². The fourth-order valence-electron chi connectivity index (χ4n) is 2.96. The van der Waals surface area contributed by atoms with Gasteiger partial charge < -0.3 is 5.32 Å².